The predicted molar refractivity (Wildman–Crippen MR) is 89.4 cm³/mol. The van der Waals surface area contributed by atoms with Crippen LogP contribution >= 0.6 is 12.2 Å². The van der Waals surface area contributed by atoms with E-state index in [1.54, 1.807) is 36.4 Å². The van der Waals surface area contributed by atoms with E-state index < -0.39 is 0 Å². The quantitative estimate of drug-likeness (QED) is 0.431. The summed E-state index contributed by atoms with van der Waals surface area (Å²) in [5.74, 6) is -0.191. The van der Waals surface area contributed by atoms with Crippen molar-refractivity contribution in [2.75, 3.05) is 19.2 Å². The van der Waals surface area contributed by atoms with Gasteiger partial charge < -0.3 is 10.5 Å². The molecular formula is C16H16N2O3S. The Hall–Kier alpha value is -2.28. The fraction of sp³-hybridized carbons (Fsp3) is 0.125. The third-order valence-corrected chi connectivity index (χ3v) is 3.45. The van der Waals surface area contributed by atoms with E-state index in [4.69, 9.17) is 22.7 Å². The molecular weight excluding hydrogens is 300 g/mol. The molecule has 0 atom stereocenters. The van der Waals surface area contributed by atoms with Gasteiger partial charge in [-0.25, -0.2) is 0 Å². The second-order valence-electron chi connectivity index (χ2n) is 4.64. The highest BCUT2D eigenvalue weighted by Crippen LogP contribution is 2.31. The van der Waals surface area contributed by atoms with Crippen molar-refractivity contribution >= 4 is 28.7 Å². The summed E-state index contributed by atoms with van der Waals surface area (Å²) in [7, 11) is 1.46. The smallest absolute Gasteiger partial charge is 0.189 e. The molecule has 4 N–H and O–H groups in total. The monoisotopic (exact) mass is 316 g/mol. The normalized spacial score (nSPS) is 10.3. The number of carbonyl (C=O) groups excluding carboxylic acids is 1. The van der Waals surface area contributed by atoms with Crippen molar-refractivity contribution in [2.24, 2.45) is 5.73 Å². The van der Waals surface area contributed by atoms with Gasteiger partial charge in [-0.3, -0.25) is 15.5 Å². The minimum atomic E-state index is -0.191. The summed E-state index contributed by atoms with van der Waals surface area (Å²) in [6, 6.07) is 12.3. The molecule has 0 fully saturated rings. The highest BCUT2D eigenvalue weighted by Gasteiger charge is 2.16. The molecule has 0 amide bonds. The average molecular weight is 316 g/mol. The maximum atomic E-state index is 12.3. The van der Waals surface area contributed by atoms with Crippen LogP contribution in [-0.4, -0.2) is 29.7 Å². The Labute approximate surface area is 133 Å². The highest BCUT2D eigenvalue weighted by molar-refractivity contribution is 7.80. The molecule has 0 bridgehead atoms. The molecule has 5 nitrogen and oxygen atoms in total. The van der Waals surface area contributed by atoms with Gasteiger partial charge in [-0.15, -0.1) is 0 Å². The highest BCUT2D eigenvalue weighted by atomic mass is 32.1. The van der Waals surface area contributed by atoms with E-state index in [0.29, 0.717) is 27.9 Å². The maximum Gasteiger partial charge on any atom is 0.189 e. The van der Waals surface area contributed by atoms with Crippen LogP contribution in [0, 0.1) is 0 Å². The van der Waals surface area contributed by atoms with Crippen molar-refractivity contribution in [3.05, 3.63) is 53.6 Å². The van der Waals surface area contributed by atoms with Crippen LogP contribution in [0.2, 0.25) is 0 Å². The SMILES string of the molecule is COCC(=O)c1cc(C(N)=S)ccc1-c1ccccc1NO. The molecule has 0 saturated carbocycles. The number of ketones is 1. The van der Waals surface area contributed by atoms with Crippen LogP contribution in [0.4, 0.5) is 5.69 Å². The Bertz CT molecular complexity index is 716. The van der Waals surface area contributed by atoms with Gasteiger partial charge >= 0.3 is 0 Å². The number of thiocarbonyl (C=S) groups is 1. The Morgan fingerprint density at radius 3 is 2.64 bits per heavy atom. The van der Waals surface area contributed by atoms with Gasteiger partial charge in [0.1, 0.15) is 11.6 Å². The Morgan fingerprint density at radius 2 is 2.00 bits per heavy atom. The molecule has 0 aliphatic heterocycles. The summed E-state index contributed by atoms with van der Waals surface area (Å²) in [6.07, 6.45) is 0. The number of ether oxygens (including phenoxy) is 1. The fourth-order valence-corrected chi connectivity index (χ4v) is 2.31. The summed E-state index contributed by atoms with van der Waals surface area (Å²) in [4.78, 5) is 12.5. The van der Waals surface area contributed by atoms with Gasteiger partial charge in [0, 0.05) is 23.8 Å². The molecule has 0 aliphatic rings. The van der Waals surface area contributed by atoms with Crippen molar-refractivity contribution in [3.8, 4) is 11.1 Å². The van der Waals surface area contributed by atoms with Crippen molar-refractivity contribution in [2.45, 2.75) is 0 Å². The second-order valence-corrected chi connectivity index (χ2v) is 5.08. The molecule has 6 heteroatoms. The summed E-state index contributed by atoms with van der Waals surface area (Å²) >= 11 is 4.96. The van der Waals surface area contributed by atoms with Crippen LogP contribution in [-0.2, 0) is 4.74 Å². The number of Topliss-reactive ketones (excluding diaryl/α,β-unsaturated/α-hetero) is 1. The van der Waals surface area contributed by atoms with Crippen LogP contribution < -0.4 is 11.2 Å². The van der Waals surface area contributed by atoms with Crippen molar-refractivity contribution in [1.82, 2.24) is 0 Å². The first kappa shape index (κ1) is 16.1. The lowest BCUT2D eigenvalue weighted by Gasteiger charge is -2.13. The summed E-state index contributed by atoms with van der Waals surface area (Å²) < 4.78 is 4.93. The van der Waals surface area contributed by atoms with Crippen molar-refractivity contribution < 1.29 is 14.7 Å². The lowest BCUT2D eigenvalue weighted by molar-refractivity contribution is 0.0848. The maximum absolute atomic E-state index is 12.3. The third kappa shape index (κ3) is 3.30. The Balaban J connectivity index is 2.64. The van der Waals surface area contributed by atoms with E-state index in [0.717, 1.165) is 0 Å². The molecule has 2 aromatic carbocycles. The first-order chi connectivity index (χ1) is 10.6. The van der Waals surface area contributed by atoms with Crippen LogP contribution in [0.3, 0.4) is 0 Å². The molecule has 0 aromatic heterocycles. The zero-order valence-corrected chi connectivity index (χ0v) is 12.8. The minimum absolute atomic E-state index is 0.0531. The van der Waals surface area contributed by atoms with E-state index >= 15 is 0 Å². The number of nitrogens with one attached hydrogen (secondary N) is 1. The first-order valence-corrected chi connectivity index (χ1v) is 6.94. The zero-order chi connectivity index (χ0) is 16.1. The van der Waals surface area contributed by atoms with Gasteiger partial charge in [-0.1, -0.05) is 42.5 Å². The zero-order valence-electron chi connectivity index (χ0n) is 12.0. The van der Waals surface area contributed by atoms with Crippen molar-refractivity contribution in [3.63, 3.8) is 0 Å². The number of carbonyl (C=O) groups is 1. The number of anilines is 1. The van der Waals surface area contributed by atoms with Gasteiger partial charge in [0.2, 0.25) is 0 Å². The number of hydrogen-bond acceptors (Lipinski definition) is 5. The number of rotatable bonds is 6. The van der Waals surface area contributed by atoms with E-state index in [9.17, 15) is 10.0 Å². The predicted octanol–water partition coefficient (Wildman–Crippen LogP) is 2.62. The molecule has 0 saturated heterocycles. The standard InChI is InChI=1S/C16H16N2O3S/c1-21-9-15(19)13-8-10(16(17)22)6-7-11(13)12-4-2-3-5-14(12)18-20/h2-8,18,20H,9H2,1H3,(H2,17,22). The molecule has 22 heavy (non-hydrogen) atoms. The topological polar surface area (TPSA) is 84.6 Å². The molecule has 0 unspecified atom stereocenters. The Morgan fingerprint density at radius 1 is 1.27 bits per heavy atom. The molecule has 2 aromatic rings. The third-order valence-electron chi connectivity index (χ3n) is 3.22. The number of methoxy groups -OCH3 is 1. The fourth-order valence-electron chi connectivity index (χ4n) is 2.19. The van der Waals surface area contributed by atoms with Gasteiger partial charge in [0.05, 0.1) is 5.69 Å². The van der Waals surface area contributed by atoms with Gasteiger partial charge in [-0.2, -0.15) is 0 Å². The summed E-state index contributed by atoms with van der Waals surface area (Å²) in [5.41, 5.74) is 10.7. The van der Waals surface area contributed by atoms with Gasteiger partial charge in [0.25, 0.3) is 0 Å². The largest absolute Gasteiger partial charge is 0.389 e. The summed E-state index contributed by atoms with van der Waals surface area (Å²) in [5, 5.41) is 9.26. The molecule has 0 radical (unpaired) electrons. The molecule has 0 spiro atoms. The Kier molecular flexibility index (Phi) is 5.21. The first-order valence-electron chi connectivity index (χ1n) is 6.54. The molecule has 114 valence electrons. The van der Waals surface area contributed by atoms with Crippen LogP contribution in [0.15, 0.2) is 42.5 Å². The van der Waals surface area contributed by atoms with E-state index in [-0.39, 0.29) is 17.4 Å². The van der Waals surface area contributed by atoms with Crippen molar-refractivity contribution in [1.29, 1.82) is 0 Å². The van der Waals surface area contributed by atoms with Gasteiger partial charge in [0.15, 0.2) is 5.78 Å². The lowest BCUT2D eigenvalue weighted by Crippen LogP contribution is -2.14. The van der Waals surface area contributed by atoms with E-state index in [1.165, 1.54) is 7.11 Å². The van der Waals surface area contributed by atoms with Crippen LogP contribution in [0.1, 0.15) is 15.9 Å². The number of benzene rings is 2. The van der Waals surface area contributed by atoms with E-state index in [1.807, 2.05) is 6.07 Å². The average Bonchev–Trinajstić information content (AvgIpc) is 2.54. The molecule has 2 rings (SSSR count). The second kappa shape index (κ2) is 7.13. The lowest BCUT2D eigenvalue weighted by atomic mass is 9.94. The van der Waals surface area contributed by atoms with Crippen LogP contribution in [0.5, 0.6) is 0 Å². The number of hydrogen-bond donors (Lipinski definition) is 3. The molecule has 0 aliphatic carbocycles. The summed E-state index contributed by atoms with van der Waals surface area (Å²) in [6.45, 7) is -0.0531. The van der Waals surface area contributed by atoms with Crippen LogP contribution in [0.25, 0.3) is 11.1 Å². The van der Waals surface area contributed by atoms with Gasteiger partial charge in [-0.05, 0) is 17.7 Å². The number of para-hydroxylation sites is 1. The molecule has 0 heterocycles. The van der Waals surface area contributed by atoms with E-state index in [2.05, 4.69) is 5.48 Å². The number of nitrogens with two attached hydrogens (primary N) is 1. The minimum Gasteiger partial charge on any atom is -0.389 e.